The van der Waals surface area contributed by atoms with Crippen molar-refractivity contribution in [1.29, 1.82) is 0 Å². The first-order valence-electron chi connectivity index (χ1n) is 7.34. The van der Waals surface area contributed by atoms with Crippen molar-refractivity contribution in [3.05, 3.63) is 52.8 Å². The van der Waals surface area contributed by atoms with Crippen molar-refractivity contribution in [2.45, 2.75) is 0 Å². The summed E-state index contributed by atoms with van der Waals surface area (Å²) in [6, 6.07) is 12.8. The van der Waals surface area contributed by atoms with Gasteiger partial charge in [-0.3, -0.25) is 4.79 Å². The topological polar surface area (TPSA) is 77.4 Å². The van der Waals surface area contributed by atoms with E-state index >= 15 is 0 Å². The van der Waals surface area contributed by atoms with E-state index in [-0.39, 0.29) is 5.56 Å². The molecule has 120 valence electrons. The maximum atomic E-state index is 12.5. The van der Waals surface area contributed by atoms with Crippen molar-refractivity contribution in [3.63, 3.8) is 0 Å². The van der Waals surface area contributed by atoms with Gasteiger partial charge in [0.25, 0.3) is 5.56 Å². The Labute approximate surface area is 136 Å². The molecule has 4 aromatic rings. The third-order valence-electron chi connectivity index (χ3n) is 3.86. The lowest BCUT2D eigenvalue weighted by atomic mass is 10.2. The summed E-state index contributed by atoms with van der Waals surface area (Å²) < 4.78 is 16.3. The maximum Gasteiger partial charge on any atom is 0.262 e. The third kappa shape index (κ3) is 2.20. The molecular weight excluding hydrogens is 308 g/mol. The second kappa shape index (κ2) is 5.42. The number of rotatable bonds is 3. The van der Waals surface area contributed by atoms with E-state index < -0.39 is 0 Å². The zero-order valence-corrected chi connectivity index (χ0v) is 13.1. The number of aromatic amines is 1. The molecule has 0 unspecified atom stereocenters. The summed E-state index contributed by atoms with van der Waals surface area (Å²) in [6.45, 7) is 0. The Kier molecular flexibility index (Phi) is 3.23. The SMILES string of the molecule is COc1cc(OC)c2c(=O)[nH]c(-c3cc4ccccc4o3)nc2c1. The van der Waals surface area contributed by atoms with Gasteiger partial charge in [-0.2, -0.15) is 0 Å². The molecular formula is C18H14N2O4. The first-order valence-corrected chi connectivity index (χ1v) is 7.34. The maximum absolute atomic E-state index is 12.5. The molecule has 6 heteroatoms. The molecule has 0 aliphatic rings. The fraction of sp³-hybridized carbons (Fsp3) is 0.111. The Hall–Kier alpha value is -3.28. The number of para-hydroxylation sites is 1. The molecule has 0 bridgehead atoms. The number of benzene rings is 2. The fourth-order valence-electron chi connectivity index (χ4n) is 2.71. The summed E-state index contributed by atoms with van der Waals surface area (Å²) in [5.41, 5.74) is 0.916. The second-order valence-electron chi connectivity index (χ2n) is 5.29. The van der Waals surface area contributed by atoms with Crippen LogP contribution in [0.4, 0.5) is 0 Å². The second-order valence-corrected chi connectivity index (χ2v) is 5.29. The van der Waals surface area contributed by atoms with Crippen LogP contribution >= 0.6 is 0 Å². The number of hydrogen-bond donors (Lipinski definition) is 1. The van der Waals surface area contributed by atoms with E-state index in [0.29, 0.717) is 34.0 Å². The van der Waals surface area contributed by atoms with Gasteiger partial charge in [0, 0.05) is 17.5 Å². The van der Waals surface area contributed by atoms with E-state index in [4.69, 9.17) is 13.9 Å². The van der Waals surface area contributed by atoms with Gasteiger partial charge in [-0.05, 0) is 12.1 Å². The molecule has 6 nitrogen and oxygen atoms in total. The van der Waals surface area contributed by atoms with Crippen molar-refractivity contribution in [2.24, 2.45) is 0 Å². The van der Waals surface area contributed by atoms with E-state index in [0.717, 1.165) is 11.0 Å². The average molecular weight is 322 g/mol. The van der Waals surface area contributed by atoms with Gasteiger partial charge in [0.2, 0.25) is 0 Å². The summed E-state index contributed by atoms with van der Waals surface area (Å²) in [7, 11) is 3.05. The molecule has 4 rings (SSSR count). The molecule has 2 aromatic heterocycles. The molecule has 1 N–H and O–H groups in total. The van der Waals surface area contributed by atoms with Crippen molar-refractivity contribution in [1.82, 2.24) is 9.97 Å². The van der Waals surface area contributed by atoms with Crippen LogP contribution in [0.25, 0.3) is 33.5 Å². The minimum Gasteiger partial charge on any atom is -0.497 e. The Morgan fingerprint density at radius 3 is 2.67 bits per heavy atom. The van der Waals surface area contributed by atoms with E-state index in [9.17, 15) is 4.79 Å². The Balaban J connectivity index is 1.98. The minimum absolute atomic E-state index is 0.296. The van der Waals surface area contributed by atoms with Gasteiger partial charge >= 0.3 is 0 Å². The largest absolute Gasteiger partial charge is 0.497 e. The molecule has 0 amide bonds. The number of furan rings is 1. The average Bonchev–Trinajstić information content (AvgIpc) is 3.04. The van der Waals surface area contributed by atoms with Crippen LogP contribution in [-0.4, -0.2) is 24.2 Å². The Bertz CT molecular complexity index is 1080. The van der Waals surface area contributed by atoms with Gasteiger partial charge in [-0.25, -0.2) is 4.98 Å². The van der Waals surface area contributed by atoms with Gasteiger partial charge in [0.1, 0.15) is 22.5 Å². The lowest BCUT2D eigenvalue weighted by molar-refractivity contribution is 0.397. The van der Waals surface area contributed by atoms with Gasteiger partial charge in [0.05, 0.1) is 19.7 Å². The lowest BCUT2D eigenvalue weighted by Gasteiger charge is -2.08. The number of hydrogen-bond acceptors (Lipinski definition) is 5. The molecule has 0 atom stereocenters. The molecule has 0 radical (unpaired) electrons. The molecule has 24 heavy (non-hydrogen) atoms. The van der Waals surface area contributed by atoms with Crippen LogP contribution in [0.1, 0.15) is 0 Å². The molecule has 0 fully saturated rings. The number of methoxy groups -OCH3 is 2. The molecule has 0 aliphatic carbocycles. The van der Waals surface area contributed by atoms with Crippen molar-refractivity contribution >= 4 is 21.9 Å². The highest BCUT2D eigenvalue weighted by atomic mass is 16.5. The van der Waals surface area contributed by atoms with Crippen LogP contribution in [0.2, 0.25) is 0 Å². The fourth-order valence-corrected chi connectivity index (χ4v) is 2.71. The standard InChI is InChI=1S/C18H14N2O4/c1-22-11-8-12-16(14(9-11)23-2)18(21)20-17(19-12)15-7-10-5-3-4-6-13(10)24-15/h3-9H,1-2H3,(H,19,20,21). The van der Waals surface area contributed by atoms with Crippen LogP contribution in [-0.2, 0) is 0 Å². The van der Waals surface area contributed by atoms with Gasteiger partial charge in [0.15, 0.2) is 11.6 Å². The zero-order valence-electron chi connectivity index (χ0n) is 13.1. The number of nitrogens with zero attached hydrogens (tertiary/aromatic N) is 1. The van der Waals surface area contributed by atoms with Crippen LogP contribution in [0.15, 0.2) is 51.7 Å². The highest BCUT2D eigenvalue weighted by Gasteiger charge is 2.15. The zero-order chi connectivity index (χ0) is 16.7. The van der Waals surface area contributed by atoms with Crippen molar-refractivity contribution in [2.75, 3.05) is 14.2 Å². The van der Waals surface area contributed by atoms with Gasteiger partial charge < -0.3 is 18.9 Å². The molecule has 2 aromatic carbocycles. The highest BCUT2D eigenvalue weighted by molar-refractivity contribution is 5.88. The quantitative estimate of drug-likeness (QED) is 0.626. The monoisotopic (exact) mass is 322 g/mol. The third-order valence-corrected chi connectivity index (χ3v) is 3.86. The summed E-state index contributed by atoms with van der Waals surface area (Å²) in [6.07, 6.45) is 0. The van der Waals surface area contributed by atoms with Gasteiger partial charge in [-0.1, -0.05) is 18.2 Å². The predicted molar refractivity (Wildman–Crippen MR) is 90.7 cm³/mol. The number of ether oxygens (including phenoxy) is 2. The number of nitrogens with one attached hydrogen (secondary N) is 1. The Morgan fingerprint density at radius 1 is 1.08 bits per heavy atom. The van der Waals surface area contributed by atoms with Crippen LogP contribution in [0.5, 0.6) is 11.5 Å². The van der Waals surface area contributed by atoms with Crippen molar-refractivity contribution < 1.29 is 13.9 Å². The molecule has 0 saturated heterocycles. The first kappa shape index (κ1) is 14.3. The Morgan fingerprint density at radius 2 is 1.92 bits per heavy atom. The molecule has 0 spiro atoms. The number of fused-ring (bicyclic) bond motifs is 2. The van der Waals surface area contributed by atoms with E-state index in [1.807, 2.05) is 30.3 Å². The van der Waals surface area contributed by atoms with E-state index in [2.05, 4.69) is 9.97 Å². The summed E-state index contributed by atoms with van der Waals surface area (Å²) in [5, 5.41) is 1.32. The highest BCUT2D eigenvalue weighted by Crippen LogP contribution is 2.30. The van der Waals surface area contributed by atoms with Crippen LogP contribution in [0.3, 0.4) is 0 Å². The summed E-state index contributed by atoms with van der Waals surface area (Å²) in [4.78, 5) is 19.8. The normalized spacial score (nSPS) is 11.1. The molecule has 0 saturated carbocycles. The van der Waals surface area contributed by atoms with Crippen molar-refractivity contribution in [3.8, 4) is 23.1 Å². The van der Waals surface area contributed by atoms with E-state index in [1.54, 1.807) is 19.2 Å². The molecule has 0 aliphatic heterocycles. The van der Waals surface area contributed by atoms with Gasteiger partial charge in [-0.15, -0.1) is 0 Å². The van der Waals surface area contributed by atoms with Crippen LogP contribution < -0.4 is 15.0 Å². The smallest absolute Gasteiger partial charge is 0.262 e. The summed E-state index contributed by atoms with van der Waals surface area (Å²) in [5.74, 6) is 1.83. The number of H-pyrrole nitrogens is 1. The minimum atomic E-state index is -0.296. The van der Waals surface area contributed by atoms with Crippen LogP contribution in [0, 0.1) is 0 Å². The number of aromatic nitrogens is 2. The molecule has 2 heterocycles. The lowest BCUT2D eigenvalue weighted by Crippen LogP contribution is -2.10. The first-order chi connectivity index (χ1) is 11.7. The predicted octanol–water partition coefficient (Wildman–Crippen LogP) is 3.35. The van der Waals surface area contributed by atoms with E-state index in [1.165, 1.54) is 7.11 Å². The summed E-state index contributed by atoms with van der Waals surface area (Å²) >= 11 is 0.